The smallest absolute Gasteiger partial charge is 0.229 e. The third-order valence-electron chi connectivity index (χ3n) is 6.06. The van der Waals surface area contributed by atoms with E-state index in [0.717, 1.165) is 28.9 Å². The molecule has 6 heteroatoms. The Labute approximate surface area is 202 Å². The fraction of sp³-hybridized carbons (Fsp3) is 0.393. The molecule has 0 aliphatic heterocycles. The van der Waals surface area contributed by atoms with Gasteiger partial charge in [0.15, 0.2) is 5.82 Å². The van der Waals surface area contributed by atoms with Gasteiger partial charge in [0.2, 0.25) is 5.91 Å². The second-order valence-corrected chi connectivity index (χ2v) is 8.61. The van der Waals surface area contributed by atoms with E-state index in [9.17, 15) is 9.70 Å². The molecular weight excluding hydrogens is 424 g/mol. The first-order valence-electron chi connectivity index (χ1n) is 12.3. The number of nitroso groups, excluding NO2 is 1. The second kappa shape index (κ2) is 12.7. The van der Waals surface area contributed by atoms with Crippen LogP contribution in [0.25, 0.3) is 11.3 Å². The van der Waals surface area contributed by atoms with E-state index in [2.05, 4.69) is 15.5 Å². The van der Waals surface area contributed by atoms with Crippen molar-refractivity contribution in [3.05, 3.63) is 76.5 Å². The lowest BCUT2D eigenvalue weighted by molar-refractivity contribution is -0.115. The van der Waals surface area contributed by atoms with Crippen LogP contribution in [-0.4, -0.2) is 15.9 Å². The van der Waals surface area contributed by atoms with Crippen LogP contribution in [0.15, 0.2) is 59.9 Å². The third-order valence-corrected chi connectivity index (χ3v) is 6.06. The molecule has 0 unspecified atom stereocenters. The van der Waals surface area contributed by atoms with E-state index in [0.29, 0.717) is 23.8 Å². The van der Waals surface area contributed by atoms with Crippen molar-refractivity contribution >= 4 is 17.4 Å². The molecule has 6 nitrogen and oxygen atoms in total. The monoisotopic (exact) mass is 458 g/mol. The van der Waals surface area contributed by atoms with Crippen molar-refractivity contribution in [2.75, 3.05) is 5.32 Å². The molecule has 2 aromatic carbocycles. The predicted molar refractivity (Wildman–Crippen MR) is 138 cm³/mol. The van der Waals surface area contributed by atoms with Gasteiger partial charge in [-0.25, -0.2) is 9.97 Å². The van der Waals surface area contributed by atoms with Gasteiger partial charge in [-0.2, -0.15) is 0 Å². The molecule has 0 radical (unpaired) electrons. The van der Waals surface area contributed by atoms with Crippen LogP contribution >= 0.6 is 0 Å². The summed E-state index contributed by atoms with van der Waals surface area (Å²) in [6.07, 6.45) is 8.92. The van der Waals surface area contributed by atoms with Gasteiger partial charge in [-0.05, 0) is 42.1 Å². The number of rotatable bonds is 7. The quantitative estimate of drug-likeness (QED) is 0.380. The van der Waals surface area contributed by atoms with Crippen LogP contribution < -0.4 is 5.32 Å². The number of carbonyl (C=O) groups excluding carboxylic acids is 1. The van der Waals surface area contributed by atoms with Crippen LogP contribution in [0.5, 0.6) is 0 Å². The summed E-state index contributed by atoms with van der Waals surface area (Å²) in [5.41, 5.74) is 4.93. The van der Waals surface area contributed by atoms with Crippen molar-refractivity contribution in [1.82, 2.24) is 9.97 Å². The minimum Gasteiger partial charge on any atom is -0.309 e. The highest BCUT2D eigenvalue weighted by Crippen LogP contribution is 2.29. The molecule has 4 rings (SSSR count). The number of aryl methyl sites for hydroxylation is 1. The Morgan fingerprint density at radius 3 is 2.32 bits per heavy atom. The average Bonchev–Trinajstić information content (AvgIpc) is 2.88. The number of aromatic nitrogens is 2. The number of carbonyl (C=O) groups is 1. The Balaban J connectivity index is 0.00000158. The molecule has 0 atom stereocenters. The first-order valence-corrected chi connectivity index (χ1v) is 12.3. The number of hydrogen-bond donors (Lipinski definition) is 1. The molecule has 0 saturated heterocycles. The highest BCUT2D eigenvalue weighted by molar-refractivity contribution is 5.92. The third kappa shape index (κ3) is 7.04. The molecule has 1 fully saturated rings. The Bertz CT molecular complexity index is 1070. The fourth-order valence-electron chi connectivity index (χ4n) is 4.24. The largest absolute Gasteiger partial charge is 0.309 e. The van der Waals surface area contributed by atoms with Gasteiger partial charge in [0.05, 0.1) is 24.0 Å². The number of hydrogen-bond acceptors (Lipinski definition) is 5. The maximum Gasteiger partial charge on any atom is 0.229 e. The zero-order valence-corrected chi connectivity index (χ0v) is 20.4. The minimum atomic E-state index is -0.0952. The van der Waals surface area contributed by atoms with Crippen LogP contribution in [0.1, 0.15) is 62.8 Å². The summed E-state index contributed by atoms with van der Waals surface area (Å²) in [4.78, 5) is 32.9. The molecule has 1 amide bonds. The zero-order valence-electron chi connectivity index (χ0n) is 20.4. The predicted octanol–water partition coefficient (Wildman–Crippen LogP) is 7.18. The Morgan fingerprint density at radius 2 is 1.68 bits per heavy atom. The van der Waals surface area contributed by atoms with Crippen LogP contribution in [-0.2, 0) is 17.6 Å². The molecule has 1 saturated carbocycles. The Kier molecular flexibility index (Phi) is 9.44. The van der Waals surface area contributed by atoms with Crippen LogP contribution in [0, 0.1) is 17.7 Å². The maximum atomic E-state index is 12.7. The van der Waals surface area contributed by atoms with Gasteiger partial charge in [-0.15, -0.1) is 4.91 Å². The first kappa shape index (κ1) is 25.2. The molecule has 178 valence electrons. The van der Waals surface area contributed by atoms with Gasteiger partial charge in [0.25, 0.3) is 0 Å². The number of anilines is 1. The van der Waals surface area contributed by atoms with Crippen molar-refractivity contribution in [2.45, 2.75) is 65.7 Å². The molecule has 1 N–H and O–H groups in total. The van der Waals surface area contributed by atoms with E-state index in [1.165, 1.54) is 37.7 Å². The van der Waals surface area contributed by atoms with E-state index >= 15 is 0 Å². The summed E-state index contributed by atoms with van der Waals surface area (Å²) in [6.45, 7) is 6.03. The lowest BCUT2D eigenvalue weighted by Crippen LogP contribution is -2.19. The summed E-state index contributed by atoms with van der Waals surface area (Å²) < 4.78 is 0. The number of amides is 1. The number of nitrogens with zero attached hydrogens (tertiary/aromatic N) is 3. The minimum absolute atomic E-state index is 0.0952. The lowest BCUT2D eigenvalue weighted by Gasteiger charge is -2.22. The highest BCUT2D eigenvalue weighted by atomic mass is 16.3. The Hall–Kier alpha value is -3.41. The topological polar surface area (TPSA) is 84.3 Å². The van der Waals surface area contributed by atoms with E-state index in [1.54, 1.807) is 18.3 Å². The molecule has 1 heterocycles. The number of nitrogens with one attached hydrogen (secondary N) is 1. The standard InChI is InChI=1S/C26H28N4O2.C2H6/c1-18-7-9-20(10-8-18)16-25(31)29-26-23(15-19-5-3-2-4-6-19)28-24(17-27-26)21-11-13-22(30-32)14-12-21;1-2/h7-14,17,19H,2-6,15-16H2,1H3,(H,27,29,31);1-2H3. The van der Waals surface area contributed by atoms with Crippen LogP contribution in [0.4, 0.5) is 11.5 Å². The molecule has 1 aliphatic carbocycles. The van der Waals surface area contributed by atoms with Crippen molar-refractivity contribution in [3.8, 4) is 11.3 Å². The van der Waals surface area contributed by atoms with E-state index < -0.39 is 0 Å². The lowest BCUT2D eigenvalue weighted by atomic mass is 9.86. The van der Waals surface area contributed by atoms with E-state index in [1.807, 2.05) is 57.2 Å². The molecular formula is C28H34N4O2. The van der Waals surface area contributed by atoms with Crippen LogP contribution in [0.2, 0.25) is 0 Å². The summed E-state index contributed by atoms with van der Waals surface area (Å²) in [5.74, 6) is 1.01. The highest BCUT2D eigenvalue weighted by Gasteiger charge is 2.19. The molecule has 1 aliphatic rings. The average molecular weight is 459 g/mol. The fourth-order valence-corrected chi connectivity index (χ4v) is 4.24. The van der Waals surface area contributed by atoms with Gasteiger partial charge < -0.3 is 5.32 Å². The van der Waals surface area contributed by atoms with Crippen molar-refractivity contribution in [2.24, 2.45) is 11.1 Å². The van der Waals surface area contributed by atoms with Gasteiger partial charge in [0.1, 0.15) is 5.69 Å². The number of benzene rings is 2. The van der Waals surface area contributed by atoms with Gasteiger partial charge in [-0.1, -0.05) is 87.9 Å². The molecule has 0 bridgehead atoms. The molecule has 0 spiro atoms. The maximum absolute atomic E-state index is 12.7. The summed E-state index contributed by atoms with van der Waals surface area (Å²) in [6, 6.07) is 15.0. The SMILES string of the molecule is CC.Cc1ccc(CC(=O)Nc2ncc(-c3ccc(N=O)cc3)nc2CC2CCCCC2)cc1. The normalized spacial score (nSPS) is 13.5. The van der Waals surface area contributed by atoms with Crippen molar-refractivity contribution in [3.63, 3.8) is 0 Å². The molecule has 3 aromatic rings. The first-order chi connectivity index (χ1) is 16.6. The van der Waals surface area contributed by atoms with Gasteiger partial charge in [0, 0.05) is 5.56 Å². The van der Waals surface area contributed by atoms with Crippen molar-refractivity contribution in [1.29, 1.82) is 0 Å². The van der Waals surface area contributed by atoms with Gasteiger partial charge >= 0.3 is 0 Å². The molecule has 34 heavy (non-hydrogen) atoms. The van der Waals surface area contributed by atoms with Crippen molar-refractivity contribution < 1.29 is 4.79 Å². The van der Waals surface area contributed by atoms with E-state index in [-0.39, 0.29) is 5.91 Å². The second-order valence-electron chi connectivity index (χ2n) is 8.61. The summed E-state index contributed by atoms with van der Waals surface area (Å²) in [7, 11) is 0. The van der Waals surface area contributed by atoms with Gasteiger partial charge in [-0.3, -0.25) is 4.79 Å². The zero-order chi connectivity index (χ0) is 24.3. The summed E-state index contributed by atoms with van der Waals surface area (Å²) >= 11 is 0. The molecule has 1 aromatic heterocycles. The Morgan fingerprint density at radius 1 is 1.00 bits per heavy atom. The van der Waals surface area contributed by atoms with E-state index in [4.69, 9.17) is 4.98 Å². The summed E-state index contributed by atoms with van der Waals surface area (Å²) in [5, 5.41) is 5.94. The van der Waals surface area contributed by atoms with Crippen LogP contribution in [0.3, 0.4) is 0 Å².